The van der Waals surface area contributed by atoms with Gasteiger partial charge in [-0.05, 0) is 56.4 Å². The number of rotatable bonds is 0. The quantitative estimate of drug-likeness (QED) is 0.385. The van der Waals surface area contributed by atoms with Gasteiger partial charge in [0, 0.05) is 0 Å². The lowest BCUT2D eigenvalue weighted by Crippen LogP contribution is -2.43. The van der Waals surface area contributed by atoms with Crippen molar-refractivity contribution >= 4 is 32.3 Å². The molecular formula is C21H16O3. The number of aliphatic hydroxyl groups excluding tert-OH is 1. The Morgan fingerprint density at radius 2 is 1.67 bits per heavy atom. The maximum Gasteiger partial charge on any atom is 0.118 e. The fourth-order valence-electron chi connectivity index (χ4n) is 4.63. The van der Waals surface area contributed by atoms with E-state index in [9.17, 15) is 10.2 Å². The standard InChI is InChI=1S/C21H16O3/c1-21(23)14-9-12-6-5-10-3-2-4-11-7-8-13(16(12)15(10)11)17(14)18-19(24-18)20(21)22/h2-9,18-20,22-23H,1H3. The molecule has 1 aliphatic carbocycles. The zero-order valence-electron chi connectivity index (χ0n) is 13.2. The van der Waals surface area contributed by atoms with Crippen LogP contribution in [-0.2, 0) is 10.3 Å². The molecule has 4 atom stereocenters. The summed E-state index contributed by atoms with van der Waals surface area (Å²) >= 11 is 0. The number of hydrogen-bond donors (Lipinski definition) is 2. The summed E-state index contributed by atoms with van der Waals surface area (Å²) in [5.74, 6) is 0. The third-order valence-corrected chi connectivity index (χ3v) is 5.93. The minimum atomic E-state index is -1.29. The molecule has 0 radical (unpaired) electrons. The summed E-state index contributed by atoms with van der Waals surface area (Å²) in [6.45, 7) is 1.69. The minimum absolute atomic E-state index is 0.111. The van der Waals surface area contributed by atoms with Gasteiger partial charge in [-0.25, -0.2) is 0 Å². The Balaban J connectivity index is 1.86. The molecule has 1 saturated heterocycles. The summed E-state index contributed by atoms with van der Waals surface area (Å²) in [6.07, 6.45) is -1.30. The van der Waals surface area contributed by atoms with Crippen LogP contribution in [0, 0.1) is 0 Å². The number of fused-ring (bicyclic) bond motifs is 4. The number of ether oxygens (including phenoxy) is 1. The smallest absolute Gasteiger partial charge is 0.118 e. The van der Waals surface area contributed by atoms with Crippen molar-refractivity contribution in [3.8, 4) is 0 Å². The van der Waals surface area contributed by atoms with E-state index in [1.807, 2.05) is 6.07 Å². The minimum Gasteiger partial charge on any atom is -0.387 e. The molecule has 4 unspecified atom stereocenters. The fraction of sp³-hybridized carbons (Fsp3) is 0.238. The second-order valence-corrected chi connectivity index (χ2v) is 7.31. The van der Waals surface area contributed by atoms with Gasteiger partial charge in [-0.2, -0.15) is 0 Å². The van der Waals surface area contributed by atoms with Crippen molar-refractivity contribution in [2.45, 2.75) is 30.8 Å². The van der Waals surface area contributed by atoms with E-state index in [2.05, 4.69) is 42.5 Å². The van der Waals surface area contributed by atoms with Gasteiger partial charge in [0.1, 0.15) is 23.9 Å². The van der Waals surface area contributed by atoms with Crippen molar-refractivity contribution in [3.05, 3.63) is 59.7 Å². The molecule has 0 aromatic heterocycles. The molecule has 2 aliphatic rings. The van der Waals surface area contributed by atoms with Gasteiger partial charge < -0.3 is 14.9 Å². The highest BCUT2D eigenvalue weighted by Gasteiger charge is 2.59. The predicted molar refractivity (Wildman–Crippen MR) is 93.3 cm³/mol. The van der Waals surface area contributed by atoms with Gasteiger partial charge >= 0.3 is 0 Å². The van der Waals surface area contributed by atoms with E-state index >= 15 is 0 Å². The highest BCUT2D eigenvalue weighted by atomic mass is 16.6. The highest BCUT2D eigenvalue weighted by Crippen LogP contribution is 2.56. The van der Waals surface area contributed by atoms with Crippen LogP contribution in [0.1, 0.15) is 24.2 Å². The Morgan fingerprint density at radius 1 is 0.958 bits per heavy atom. The average Bonchev–Trinajstić information content (AvgIpc) is 3.38. The van der Waals surface area contributed by atoms with Crippen LogP contribution >= 0.6 is 0 Å². The fourth-order valence-corrected chi connectivity index (χ4v) is 4.63. The lowest BCUT2D eigenvalue weighted by molar-refractivity contribution is -0.0796. The maximum absolute atomic E-state index is 10.9. The van der Waals surface area contributed by atoms with Gasteiger partial charge in [-0.3, -0.25) is 0 Å². The molecule has 1 aliphatic heterocycles. The summed E-state index contributed by atoms with van der Waals surface area (Å²) in [6, 6.07) is 16.9. The zero-order chi connectivity index (χ0) is 16.2. The van der Waals surface area contributed by atoms with Crippen LogP contribution in [-0.4, -0.2) is 22.4 Å². The van der Waals surface area contributed by atoms with Crippen LogP contribution in [0.25, 0.3) is 32.3 Å². The van der Waals surface area contributed by atoms with Crippen LogP contribution in [0.3, 0.4) is 0 Å². The van der Waals surface area contributed by atoms with E-state index in [1.54, 1.807) is 6.92 Å². The molecule has 4 aromatic rings. The Morgan fingerprint density at radius 3 is 2.46 bits per heavy atom. The van der Waals surface area contributed by atoms with Gasteiger partial charge in [0.2, 0.25) is 0 Å². The summed E-state index contributed by atoms with van der Waals surface area (Å²) < 4.78 is 5.73. The first-order chi connectivity index (χ1) is 11.6. The largest absolute Gasteiger partial charge is 0.387 e. The molecule has 2 N–H and O–H groups in total. The maximum atomic E-state index is 10.9. The monoisotopic (exact) mass is 316 g/mol. The second kappa shape index (κ2) is 3.89. The molecule has 6 rings (SSSR count). The summed E-state index contributed by atoms with van der Waals surface area (Å²) in [5.41, 5.74) is 0.540. The number of aliphatic hydroxyl groups is 2. The molecule has 0 bridgehead atoms. The normalized spacial score (nSPS) is 31.5. The molecule has 0 amide bonds. The van der Waals surface area contributed by atoms with Gasteiger partial charge in [-0.1, -0.05) is 42.5 Å². The molecule has 0 spiro atoms. The van der Waals surface area contributed by atoms with E-state index in [-0.39, 0.29) is 12.2 Å². The first-order valence-electron chi connectivity index (χ1n) is 8.34. The van der Waals surface area contributed by atoms with Gasteiger partial charge in [0.15, 0.2) is 0 Å². The van der Waals surface area contributed by atoms with Crippen molar-refractivity contribution in [2.75, 3.05) is 0 Å². The Kier molecular flexibility index (Phi) is 2.13. The van der Waals surface area contributed by atoms with Gasteiger partial charge in [0.05, 0.1) is 0 Å². The second-order valence-electron chi connectivity index (χ2n) is 7.31. The van der Waals surface area contributed by atoms with E-state index in [4.69, 9.17) is 4.74 Å². The van der Waals surface area contributed by atoms with Crippen molar-refractivity contribution < 1.29 is 14.9 Å². The molecule has 3 heteroatoms. The molecule has 24 heavy (non-hydrogen) atoms. The molecule has 4 aromatic carbocycles. The lowest BCUT2D eigenvalue weighted by atomic mass is 9.75. The van der Waals surface area contributed by atoms with E-state index < -0.39 is 11.7 Å². The van der Waals surface area contributed by atoms with E-state index in [0.717, 1.165) is 21.9 Å². The summed E-state index contributed by atoms with van der Waals surface area (Å²) in [7, 11) is 0. The van der Waals surface area contributed by atoms with E-state index in [0.29, 0.717) is 0 Å². The van der Waals surface area contributed by atoms with Crippen molar-refractivity contribution in [3.63, 3.8) is 0 Å². The zero-order valence-corrected chi connectivity index (χ0v) is 13.2. The first-order valence-corrected chi connectivity index (χ1v) is 8.34. The van der Waals surface area contributed by atoms with Crippen molar-refractivity contribution in [1.29, 1.82) is 0 Å². The van der Waals surface area contributed by atoms with Crippen LogP contribution in [0.4, 0.5) is 0 Å². The molecule has 3 nitrogen and oxygen atoms in total. The summed E-state index contributed by atoms with van der Waals surface area (Å²) in [4.78, 5) is 0. The SMILES string of the molecule is CC1(O)c2cc3ccc4cccc5ccc(c2C2OC2C1O)c3c45. The Bertz CT molecular complexity index is 1130. The number of hydrogen-bond acceptors (Lipinski definition) is 3. The summed E-state index contributed by atoms with van der Waals surface area (Å²) in [5, 5.41) is 28.5. The molecule has 1 heterocycles. The Hall–Kier alpha value is -2.20. The van der Waals surface area contributed by atoms with Crippen molar-refractivity contribution in [1.82, 2.24) is 0 Å². The molecule has 0 saturated carbocycles. The van der Waals surface area contributed by atoms with Gasteiger partial charge in [0.25, 0.3) is 0 Å². The predicted octanol–water partition coefficient (Wildman–Crippen LogP) is 3.61. The average molecular weight is 316 g/mol. The van der Waals surface area contributed by atoms with Crippen LogP contribution in [0.15, 0.2) is 48.5 Å². The molecule has 1 fully saturated rings. The molecular weight excluding hydrogens is 300 g/mol. The first kappa shape index (κ1) is 13.1. The lowest BCUT2D eigenvalue weighted by Gasteiger charge is -2.34. The van der Waals surface area contributed by atoms with Crippen LogP contribution < -0.4 is 0 Å². The number of benzene rings is 4. The van der Waals surface area contributed by atoms with Crippen LogP contribution in [0.5, 0.6) is 0 Å². The highest BCUT2D eigenvalue weighted by molar-refractivity contribution is 6.24. The third kappa shape index (κ3) is 1.36. The van der Waals surface area contributed by atoms with Gasteiger partial charge in [-0.15, -0.1) is 0 Å². The number of epoxide rings is 1. The van der Waals surface area contributed by atoms with E-state index in [1.165, 1.54) is 21.5 Å². The third-order valence-electron chi connectivity index (χ3n) is 5.93. The van der Waals surface area contributed by atoms with Crippen molar-refractivity contribution in [2.24, 2.45) is 0 Å². The van der Waals surface area contributed by atoms with Crippen LogP contribution in [0.2, 0.25) is 0 Å². The Labute approximate surface area is 138 Å². The molecule has 118 valence electrons. The topological polar surface area (TPSA) is 53.0 Å².